The van der Waals surface area contributed by atoms with Gasteiger partial charge in [0.2, 0.25) is 5.91 Å². The van der Waals surface area contributed by atoms with E-state index >= 15 is 0 Å². The van der Waals surface area contributed by atoms with Crippen LogP contribution in [0.15, 0.2) is 161 Å². The number of carbonyl (C=O) groups is 5. The highest BCUT2D eigenvalue weighted by Gasteiger charge is 2.31. The second-order valence-electron chi connectivity index (χ2n) is 22.6. The topological polar surface area (TPSA) is 346 Å². The molecule has 0 spiro atoms. The Morgan fingerprint density at radius 2 is 0.856 bits per heavy atom. The van der Waals surface area contributed by atoms with E-state index in [4.69, 9.17) is 39.2 Å². The van der Waals surface area contributed by atoms with Gasteiger partial charge in [-0.05, 0) is 72.6 Å². The average Bonchev–Trinajstić information content (AvgIpc) is 1.64. The van der Waals surface area contributed by atoms with Crippen molar-refractivity contribution in [2.75, 3.05) is 142 Å². The number of anilines is 6. The van der Waals surface area contributed by atoms with Crippen LogP contribution in [0.1, 0.15) is 12.5 Å². The predicted molar refractivity (Wildman–Crippen MR) is 369 cm³/mol. The number of nitrogens with one attached hydrogen (secondary N) is 4. The Hall–Kier alpha value is -10.2. The zero-order valence-corrected chi connectivity index (χ0v) is 55.5. The maximum atomic E-state index is 13.6. The molecule has 6 aliphatic heterocycles. The maximum Gasteiger partial charge on any atom is 0.290 e. The first kappa shape index (κ1) is 69.6. The first-order chi connectivity index (χ1) is 46.8. The van der Waals surface area contributed by atoms with E-state index in [0.29, 0.717) is 53.3 Å². The molecule has 512 valence electrons. The first-order valence-electron chi connectivity index (χ1n) is 30.9. The monoisotopic (exact) mass is 1390 g/mol. The van der Waals surface area contributed by atoms with Crippen molar-refractivity contribution in [1.29, 1.82) is 0 Å². The Balaban J connectivity index is 0.000000149. The number of nitrogens with zero attached hydrogens (tertiary/aromatic N) is 8. The van der Waals surface area contributed by atoms with Crippen LogP contribution in [0.3, 0.4) is 0 Å². The summed E-state index contributed by atoms with van der Waals surface area (Å²) in [5.74, 6) is 0.676. The van der Waals surface area contributed by atoms with Crippen LogP contribution in [0, 0.1) is 0 Å². The third-order valence-electron chi connectivity index (χ3n) is 17.0. The Bertz CT molecular complexity index is 4700. The van der Waals surface area contributed by atoms with E-state index in [0.717, 1.165) is 135 Å². The summed E-state index contributed by atoms with van der Waals surface area (Å²) in [6, 6.07) is 37.5. The summed E-state index contributed by atoms with van der Waals surface area (Å²) >= 11 is 0. The van der Waals surface area contributed by atoms with Crippen molar-refractivity contribution in [2.45, 2.75) is 28.0 Å². The van der Waals surface area contributed by atoms with Gasteiger partial charge >= 0.3 is 0 Å². The number of amides is 2. The van der Waals surface area contributed by atoms with Crippen molar-refractivity contribution >= 4 is 128 Å². The number of benzene rings is 6. The minimum atomic E-state index is -3.85. The van der Waals surface area contributed by atoms with E-state index in [-0.39, 0.29) is 52.5 Å². The number of carbonyl (C=O) groups excluding carboxylic acids is 2. The molecule has 3 fully saturated rings. The molecule has 7 N–H and O–H groups in total. The summed E-state index contributed by atoms with van der Waals surface area (Å²) < 4.78 is 96.6. The molecule has 0 aliphatic carbocycles. The zero-order valence-electron chi connectivity index (χ0n) is 53.1. The number of hydrogen-bond acceptors (Lipinski definition) is 20. The highest BCUT2D eigenvalue weighted by molar-refractivity contribution is 7.90. The molecule has 6 aromatic carbocycles. The van der Waals surface area contributed by atoms with Crippen LogP contribution in [-0.4, -0.2) is 196 Å². The fraction of sp³-hybridized carbons (Fsp3) is 0.288. The number of hydrogen-bond donors (Lipinski definition) is 7. The molecule has 15 rings (SSSR count). The van der Waals surface area contributed by atoms with Gasteiger partial charge in [0.05, 0.1) is 66.2 Å². The van der Waals surface area contributed by atoms with Gasteiger partial charge in [0.25, 0.3) is 55.4 Å². The van der Waals surface area contributed by atoms with E-state index in [2.05, 4.69) is 40.9 Å². The number of rotatable bonds is 9. The molecule has 9 aromatic rings. The number of likely N-dealkylation sites (N-methyl/N-ethyl adjacent to an activating group) is 1. The largest absolute Gasteiger partial charge is 0.490 e. The van der Waals surface area contributed by atoms with Crippen molar-refractivity contribution in [3.8, 4) is 11.5 Å². The number of fused-ring (bicyclic) bond motifs is 6. The van der Waals surface area contributed by atoms with Crippen LogP contribution >= 0.6 is 0 Å². The smallest absolute Gasteiger partial charge is 0.290 e. The number of ether oxygens (including phenoxy) is 2. The van der Waals surface area contributed by atoms with E-state index < -0.39 is 30.1 Å². The van der Waals surface area contributed by atoms with Crippen molar-refractivity contribution in [1.82, 2.24) is 27.9 Å². The summed E-state index contributed by atoms with van der Waals surface area (Å²) in [5.41, 5.74) is 7.89. The van der Waals surface area contributed by atoms with Gasteiger partial charge in [0.15, 0.2) is 6.61 Å². The average molecular weight is 1390 g/mol. The van der Waals surface area contributed by atoms with Crippen LogP contribution < -0.4 is 55.2 Å². The van der Waals surface area contributed by atoms with E-state index in [1.54, 1.807) is 59.9 Å². The minimum Gasteiger partial charge on any atom is -0.490 e. The first-order valence-corrected chi connectivity index (χ1v) is 35.3. The Kier molecular flexibility index (Phi) is 22.0. The van der Waals surface area contributed by atoms with Gasteiger partial charge in [0, 0.05) is 152 Å². The second-order valence-corrected chi connectivity index (χ2v) is 28.1. The van der Waals surface area contributed by atoms with Gasteiger partial charge in [-0.2, -0.15) is 0 Å². The molecule has 6 aliphatic rings. The molecule has 0 unspecified atom stereocenters. The lowest BCUT2D eigenvalue weighted by Crippen LogP contribution is -2.43. The van der Waals surface area contributed by atoms with Crippen molar-refractivity contribution in [3.05, 3.63) is 152 Å². The van der Waals surface area contributed by atoms with Crippen LogP contribution in [-0.2, 0) is 60.5 Å². The van der Waals surface area contributed by atoms with E-state index in [1.807, 2.05) is 85.9 Å². The Labute approximate surface area is 559 Å². The van der Waals surface area contributed by atoms with Gasteiger partial charge in [-0.15, -0.1) is 0 Å². The van der Waals surface area contributed by atoms with Gasteiger partial charge in [-0.1, -0.05) is 54.6 Å². The fourth-order valence-electron chi connectivity index (χ4n) is 12.4. The number of aromatic nitrogens is 3. The van der Waals surface area contributed by atoms with Crippen molar-refractivity contribution in [3.63, 3.8) is 0 Å². The molecular formula is C66H74N12O16S3. The molecule has 0 saturated carbocycles. The molecule has 0 atom stereocenters. The van der Waals surface area contributed by atoms with E-state index in [9.17, 15) is 34.8 Å². The molecule has 0 radical (unpaired) electrons. The lowest BCUT2D eigenvalue weighted by atomic mass is 10.2. The number of carboxylic acid groups (broad SMARTS) is 3. The number of piperazine rings is 3. The summed E-state index contributed by atoms with van der Waals surface area (Å²) in [6.07, 6.45) is 5.88. The van der Waals surface area contributed by atoms with Crippen LogP contribution in [0.5, 0.6) is 11.5 Å². The highest BCUT2D eigenvalue weighted by atomic mass is 32.2. The summed E-state index contributed by atoms with van der Waals surface area (Å²) in [5, 5.41) is 36.1. The van der Waals surface area contributed by atoms with Gasteiger partial charge in [0.1, 0.15) is 18.1 Å². The van der Waals surface area contributed by atoms with Gasteiger partial charge < -0.3 is 70.6 Å². The summed E-state index contributed by atoms with van der Waals surface area (Å²) in [7, 11) is -9.40. The quantitative estimate of drug-likeness (QED) is 0.0931. The normalized spacial score (nSPS) is 15.8. The molecule has 31 heteroatoms. The third kappa shape index (κ3) is 14.8. The molecule has 3 saturated heterocycles. The Morgan fingerprint density at radius 3 is 1.28 bits per heavy atom. The molecule has 0 bridgehead atoms. The second kappa shape index (κ2) is 30.7. The van der Waals surface area contributed by atoms with Gasteiger partial charge in [-0.25, -0.2) is 37.2 Å². The SMILES string of the molecule is CC(=O)N1CCc2cc(S(=O)(=O)n3cc(N4CCNCC4)c4ccccc43)ccc21.CN1CCOc2cc(S(=O)(=O)n3cc(N4CCNCC4)c4ccccc43)ccc21.O=C1COc2cc(S(=O)(=O)n3cc(N4CCNCC4)c4ccccc43)ccc2N1.O=CO.O=CO.O=CO. The minimum absolute atomic E-state index is 0.0265. The molecule has 9 heterocycles. The van der Waals surface area contributed by atoms with Crippen LogP contribution in [0.4, 0.5) is 34.1 Å². The van der Waals surface area contributed by atoms with Crippen LogP contribution in [0.2, 0.25) is 0 Å². The zero-order chi connectivity index (χ0) is 69.0. The predicted octanol–water partition coefficient (Wildman–Crippen LogP) is 5.03. The third-order valence-corrected chi connectivity index (χ3v) is 22.0. The van der Waals surface area contributed by atoms with E-state index in [1.165, 1.54) is 31.0 Å². The molecule has 28 nitrogen and oxygen atoms in total. The lowest BCUT2D eigenvalue weighted by Gasteiger charge is -2.28. The highest BCUT2D eigenvalue weighted by Crippen LogP contribution is 2.40. The fourth-order valence-corrected chi connectivity index (χ4v) is 16.6. The summed E-state index contributed by atoms with van der Waals surface area (Å²) in [4.78, 5) is 59.4. The number of para-hydroxylation sites is 3. The molecule has 97 heavy (non-hydrogen) atoms. The maximum absolute atomic E-state index is 13.6. The molecule has 2 amide bonds. The molecule has 3 aromatic heterocycles. The standard InChI is InChI=1S/C22H24N4O3S.C21H24N4O3S.C20H20N4O4S.3CH2O2/c1-16(27)25-11-8-17-14-18(6-7-20(17)25)30(28,29)26-15-22(24-12-9-23-10-13-24)19-4-2-3-5-21(19)26;1-23-12-13-28-21-14-16(6-7-19(21)23)29(26,27)25-15-20(24-10-8-22-9-11-24)17-4-2-3-5-18(17)25;25-20-13-28-19-11-14(5-6-16(19)22-20)29(26,27)24-12-18(23-9-7-21-8-10-23)15-3-1-2-4-17(15)24;3*2-1-3/h2-7,14-15,23H,8-13H2,1H3;2-7,14-15,22H,8-13H2,1H3;1-6,11-12,21H,7-10,13H2,(H,22,25);3*1H,(H,2,3). The van der Waals surface area contributed by atoms with Crippen LogP contribution in [0.25, 0.3) is 32.7 Å². The Morgan fingerprint density at radius 1 is 0.474 bits per heavy atom. The summed E-state index contributed by atoms with van der Waals surface area (Å²) in [6.45, 7) is 12.9. The lowest BCUT2D eigenvalue weighted by molar-refractivity contribution is -0.123. The van der Waals surface area contributed by atoms with Crippen molar-refractivity contribution < 1.29 is 74.0 Å². The van der Waals surface area contributed by atoms with Crippen molar-refractivity contribution in [2.24, 2.45) is 0 Å². The molecular weight excluding hydrogens is 1310 g/mol. The van der Waals surface area contributed by atoms with Gasteiger partial charge in [-0.3, -0.25) is 24.0 Å².